The second-order valence-corrected chi connectivity index (χ2v) is 9.72. The van der Waals surface area contributed by atoms with Gasteiger partial charge in [-0.25, -0.2) is 13.8 Å². The fraction of sp³-hybridized carbons (Fsp3) is 0.269. The third-order valence-electron chi connectivity index (χ3n) is 6.31. The molecule has 0 unspecified atom stereocenters. The lowest BCUT2D eigenvalue weighted by Crippen LogP contribution is -2.43. The second kappa shape index (κ2) is 9.58. The van der Waals surface area contributed by atoms with E-state index in [0.717, 1.165) is 12.0 Å². The molecule has 1 atom stereocenters. The molecule has 1 saturated heterocycles. The number of fused-ring (bicyclic) bond motifs is 1. The molecule has 0 aliphatic carbocycles. The lowest BCUT2D eigenvalue weighted by molar-refractivity contribution is -0.120. The Kier molecular flexibility index (Phi) is 6.34. The van der Waals surface area contributed by atoms with E-state index >= 15 is 0 Å². The zero-order valence-electron chi connectivity index (χ0n) is 19.1. The quantitative estimate of drug-likeness (QED) is 0.427. The van der Waals surface area contributed by atoms with Crippen molar-refractivity contribution in [3.63, 3.8) is 0 Å². The zero-order chi connectivity index (χ0) is 24.5. The third kappa shape index (κ3) is 4.81. The summed E-state index contributed by atoms with van der Waals surface area (Å²) in [4.78, 5) is 33.1. The molecule has 35 heavy (non-hydrogen) atoms. The molecule has 0 saturated carbocycles. The van der Waals surface area contributed by atoms with Crippen molar-refractivity contribution < 1.29 is 13.6 Å². The summed E-state index contributed by atoms with van der Waals surface area (Å²) in [7, 11) is 0. The van der Waals surface area contributed by atoms with E-state index in [1.807, 2.05) is 16.3 Å². The van der Waals surface area contributed by atoms with Crippen molar-refractivity contribution in [1.82, 2.24) is 9.55 Å². The van der Waals surface area contributed by atoms with E-state index in [1.165, 1.54) is 29.5 Å². The van der Waals surface area contributed by atoms with Gasteiger partial charge in [-0.2, -0.15) is 0 Å². The molecule has 1 fully saturated rings. The number of benzene rings is 2. The van der Waals surface area contributed by atoms with Gasteiger partial charge in [-0.1, -0.05) is 18.2 Å². The zero-order valence-corrected chi connectivity index (χ0v) is 19.9. The van der Waals surface area contributed by atoms with E-state index in [1.54, 1.807) is 35.8 Å². The molecule has 1 N–H and O–H groups in total. The monoisotopic (exact) mass is 494 g/mol. The van der Waals surface area contributed by atoms with E-state index in [9.17, 15) is 18.4 Å². The Morgan fingerprint density at radius 1 is 1.17 bits per heavy atom. The third-order valence-corrected chi connectivity index (χ3v) is 7.21. The molecule has 1 aliphatic rings. The van der Waals surface area contributed by atoms with Gasteiger partial charge in [0.25, 0.3) is 5.56 Å². The highest BCUT2D eigenvalue weighted by atomic mass is 32.1. The molecule has 6 nitrogen and oxygen atoms in total. The maximum Gasteiger partial charge on any atom is 0.273 e. The average molecular weight is 495 g/mol. The molecular weight excluding hydrogens is 470 g/mol. The topological polar surface area (TPSA) is 67.2 Å². The first-order chi connectivity index (χ1) is 16.9. The van der Waals surface area contributed by atoms with Crippen LogP contribution >= 0.6 is 11.3 Å². The van der Waals surface area contributed by atoms with Gasteiger partial charge in [-0.3, -0.25) is 14.2 Å². The van der Waals surface area contributed by atoms with Crippen LogP contribution in [0.15, 0.2) is 58.7 Å². The minimum absolute atomic E-state index is 0.161. The maximum atomic E-state index is 13.9. The van der Waals surface area contributed by atoms with Crippen molar-refractivity contribution in [1.29, 1.82) is 0 Å². The molecule has 5 rings (SSSR count). The summed E-state index contributed by atoms with van der Waals surface area (Å²) in [6.07, 6.45) is 1.42. The molecule has 9 heteroatoms. The van der Waals surface area contributed by atoms with Gasteiger partial charge in [-0.15, -0.1) is 11.3 Å². The number of thiophene rings is 1. The molecule has 4 aromatic rings. The normalized spacial score (nSPS) is 16.0. The lowest BCUT2D eigenvalue weighted by Gasteiger charge is -2.34. The minimum atomic E-state index is -0.369. The Morgan fingerprint density at radius 2 is 1.97 bits per heavy atom. The van der Waals surface area contributed by atoms with Gasteiger partial charge in [0.1, 0.15) is 16.3 Å². The van der Waals surface area contributed by atoms with E-state index in [0.29, 0.717) is 46.9 Å². The Balaban J connectivity index is 1.43. The summed E-state index contributed by atoms with van der Waals surface area (Å²) in [5, 5.41) is 4.65. The highest BCUT2D eigenvalue weighted by Gasteiger charge is 2.29. The van der Waals surface area contributed by atoms with Gasteiger partial charge in [0.05, 0.1) is 18.0 Å². The minimum Gasteiger partial charge on any atom is -0.341 e. The Morgan fingerprint density at radius 3 is 2.74 bits per heavy atom. The Labute approximate surface area is 204 Å². The number of hydrogen-bond acceptors (Lipinski definition) is 5. The van der Waals surface area contributed by atoms with Crippen molar-refractivity contribution in [2.45, 2.75) is 26.3 Å². The summed E-state index contributed by atoms with van der Waals surface area (Å²) in [5.41, 5.74) is 2.17. The number of carbonyl (C=O) groups is 1. The molecule has 2 aromatic heterocycles. The van der Waals surface area contributed by atoms with Crippen molar-refractivity contribution in [3.8, 4) is 0 Å². The van der Waals surface area contributed by atoms with Crippen molar-refractivity contribution in [2.75, 3.05) is 23.3 Å². The summed E-state index contributed by atoms with van der Waals surface area (Å²) in [5.74, 6) is -0.758. The van der Waals surface area contributed by atoms with E-state index in [-0.39, 0.29) is 35.6 Å². The number of carbonyl (C=O) groups excluding carboxylic acids is 1. The van der Waals surface area contributed by atoms with Crippen molar-refractivity contribution in [2.24, 2.45) is 5.92 Å². The number of aryl methyl sites for hydroxylation is 1. The average Bonchev–Trinajstić information content (AvgIpc) is 3.33. The fourth-order valence-electron chi connectivity index (χ4n) is 4.38. The van der Waals surface area contributed by atoms with Crippen LogP contribution in [0.4, 0.5) is 20.4 Å². The number of amides is 1. The first-order valence-corrected chi connectivity index (χ1v) is 12.3. The van der Waals surface area contributed by atoms with Crippen LogP contribution in [0.1, 0.15) is 24.0 Å². The molecule has 2 aromatic carbocycles. The van der Waals surface area contributed by atoms with Crippen molar-refractivity contribution >= 4 is 39.1 Å². The number of halogens is 2. The van der Waals surface area contributed by atoms with Crippen LogP contribution in [0.25, 0.3) is 10.2 Å². The smallest absolute Gasteiger partial charge is 0.273 e. The van der Waals surface area contributed by atoms with Gasteiger partial charge in [0.15, 0.2) is 0 Å². The molecule has 0 spiro atoms. The number of nitrogens with zero attached hydrogens (tertiary/aromatic N) is 3. The van der Waals surface area contributed by atoms with Crippen LogP contribution in [0, 0.1) is 24.5 Å². The number of nitrogens with one attached hydrogen (secondary N) is 1. The lowest BCUT2D eigenvalue weighted by atomic mass is 9.97. The molecule has 3 heterocycles. The van der Waals surface area contributed by atoms with Crippen LogP contribution in [-0.2, 0) is 11.3 Å². The second-order valence-electron chi connectivity index (χ2n) is 8.80. The summed E-state index contributed by atoms with van der Waals surface area (Å²) in [6, 6.07) is 12.5. The number of hydrogen-bond donors (Lipinski definition) is 1. The molecule has 180 valence electrons. The first kappa shape index (κ1) is 23.2. The largest absolute Gasteiger partial charge is 0.341 e. The van der Waals surface area contributed by atoms with Crippen LogP contribution in [0.5, 0.6) is 0 Å². The van der Waals surface area contributed by atoms with Crippen LogP contribution < -0.4 is 15.8 Å². The predicted octanol–water partition coefficient (Wildman–Crippen LogP) is 4.95. The number of aromatic nitrogens is 2. The van der Waals surface area contributed by atoms with Crippen LogP contribution in [0.2, 0.25) is 0 Å². The number of piperidine rings is 1. The SMILES string of the molecule is Cc1ccc(NC(=O)[C@@H]2CCCN(c3nc4ccsc4c(=O)n3Cc3ccc(F)cc3)C2)cc1F. The summed E-state index contributed by atoms with van der Waals surface area (Å²) >= 11 is 1.34. The summed E-state index contributed by atoms with van der Waals surface area (Å²) < 4.78 is 29.5. The van der Waals surface area contributed by atoms with Gasteiger partial charge < -0.3 is 10.2 Å². The molecule has 0 bridgehead atoms. The Bertz CT molecular complexity index is 1450. The molecule has 1 amide bonds. The highest BCUT2D eigenvalue weighted by molar-refractivity contribution is 7.17. The van der Waals surface area contributed by atoms with Gasteiger partial charge in [0.2, 0.25) is 11.9 Å². The number of anilines is 2. The molecule has 1 aliphatic heterocycles. The van der Waals surface area contributed by atoms with E-state index in [4.69, 9.17) is 4.98 Å². The van der Waals surface area contributed by atoms with Crippen LogP contribution in [-0.4, -0.2) is 28.5 Å². The molecular formula is C26H24F2N4O2S. The number of rotatable bonds is 5. The Hall–Kier alpha value is -3.59. The molecule has 0 radical (unpaired) electrons. The fourth-order valence-corrected chi connectivity index (χ4v) is 5.15. The van der Waals surface area contributed by atoms with E-state index in [2.05, 4.69) is 5.32 Å². The standard InChI is InChI=1S/C26H24F2N4O2S/c1-16-4-9-20(13-21(16)28)29-24(33)18-3-2-11-31(15-18)26-30-22-10-12-35-23(22)25(34)32(26)14-17-5-7-19(27)8-6-17/h4-10,12-13,18H,2-3,11,14-15H2,1H3,(H,29,33)/t18-/m1/s1. The van der Waals surface area contributed by atoms with Gasteiger partial charge in [-0.05, 0) is 66.6 Å². The van der Waals surface area contributed by atoms with Gasteiger partial charge in [0, 0.05) is 18.8 Å². The summed E-state index contributed by atoms with van der Waals surface area (Å²) in [6.45, 7) is 2.94. The predicted molar refractivity (Wildman–Crippen MR) is 134 cm³/mol. The van der Waals surface area contributed by atoms with Gasteiger partial charge >= 0.3 is 0 Å². The van der Waals surface area contributed by atoms with Crippen molar-refractivity contribution in [3.05, 3.63) is 87.0 Å². The maximum absolute atomic E-state index is 13.9. The van der Waals surface area contributed by atoms with Crippen LogP contribution in [0.3, 0.4) is 0 Å². The first-order valence-electron chi connectivity index (χ1n) is 11.4. The highest BCUT2D eigenvalue weighted by Crippen LogP contribution is 2.26. The van der Waals surface area contributed by atoms with E-state index < -0.39 is 0 Å².